The molecule has 0 aliphatic heterocycles. The minimum Gasteiger partial charge on any atom is -0.417 e. The van der Waals surface area contributed by atoms with Crippen LogP contribution in [-0.2, 0) is 13.2 Å². The Morgan fingerprint density at radius 2 is 1.82 bits per heavy atom. The quantitative estimate of drug-likeness (QED) is 0.582. The Hall–Kier alpha value is -3.28. The Bertz CT molecular complexity index is 938. The number of aromatic nitrogens is 5. The first-order valence-electron chi connectivity index (χ1n) is 7.78. The fourth-order valence-corrected chi connectivity index (χ4v) is 2.37. The summed E-state index contributed by atoms with van der Waals surface area (Å²) in [4.78, 5) is 11.4. The molecule has 148 valence electrons. The third-order valence-electron chi connectivity index (χ3n) is 3.43. The van der Waals surface area contributed by atoms with Crippen molar-refractivity contribution >= 4 is 0 Å². The Labute approximate surface area is 155 Å². The molecule has 0 amide bonds. The van der Waals surface area contributed by atoms with Gasteiger partial charge in [-0.15, -0.1) is 0 Å². The maximum atomic E-state index is 12.7. The number of hydrogen-bond donors (Lipinski definition) is 1. The van der Waals surface area contributed by atoms with E-state index in [0.29, 0.717) is 5.56 Å². The van der Waals surface area contributed by atoms with Crippen molar-refractivity contribution in [2.24, 2.45) is 0 Å². The fraction of sp³-hybridized carbons (Fsp3) is 0.250. The lowest BCUT2D eigenvalue weighted by Crippen LogP contribution is -2.07. The molecule has 3 aromatic rings. The van der Waals surface area contributed by atoms with Crippen LogP contribution < -0.4 is 9.47 Å². The topological polar surface area (TPSA) is 95.2 Å². The van der Waals surface area contributed by atoms with Crippen LogP contribution in [0.5, 0.6) is 11.8 Å². The summed E-state index contributed by atoms with van der Waals surface area (Å²) in [6.07, 6.45) is 3.88. The second-order valence-electron chi connectivity index (χ2n) is 5.35. The molecule has 3 heterocycles. The smallest absolute Gasteiger partial charge is 0.388 e. The molecule has 0 atom stereocenters. The van der Waals surface area contributed by atoms with Gasteiger partial charge in [-0.05, 0) is 23.3 Å². The number of nitrogens with zero attached hydrogens (tertiary/aromatic N) is 5. The van der Waals surface area contributed by atoms with Gasteiger partial charge in [0.2, 0.25) is 11.8 Å². The number of pyridine rings is 2. The lowest BCUT2D eigenvalue weighted by Gasteiger charge is -2.12. The molecule has 0 aliphatic rings. The zero-order valence-corrected chi connectivity index (χ0v) is 14.0. The second-order valence-corrected chi connectivity index (χ2v) is 5.35. The van der Waals surface area contributed by atoms with Crippen LogP contribution in [0.15, 0.2) is 36.9 Å². The Kier molecular flexibility index (Phi) is 5.99. The van der Waals surface area contributed by atoms with E-state index in [0.717, 1.165) is 6.07 Å². The van der Waals surface area contributed by atoms with Gasteiger partial charge < -0.3 is 14.6 Å². The SMILES string of the molecule is OCc1ncn(Cc2cnc(OC(F)F)c(-c3ccnc(OC(F)F)c3)c2)n1. The number of rotatable bonds is 8. The van der Waals surface area contributed by atoms with Crippen LogP contribution in [0.25, 0.3) is 11.1 Å². The fourth-order valence-electron chi connectivity index (χ4n) is 2.37. The average Bonchev–Trinajstić information content (AvgIpc) is 3.10. The number of halogens is 4. The first-order chi connectivity index (χ1) is 13.4. The Morgan fingerprint density at radius 1 is 1.04 bits per heavy atom. The molecular formula is C16H13F4N5O3. The van der Waals surface area contributed by atoms with Crippen molar-refractivity contribution in [1.29, 1.82) is 0 Å². The van der Waals surface area contributed by atoms with Gasteiger partial charge in [0, 0.05) is 24.0 Å². The molecular weight excluding hydrogens is 386 g/mol. The van der Waals surface area contributed by atoms with E-state index in [9.17, 15) is 17.6 Å². The normalized spacial score (nSPS) is 11.2. The van der Waals surface area contributed by atoms with E-state index in [1.807, 2.05) is 0 Å². The zero-order valence-electron chi connectivity index (χ0n) is 14.0. The van der Waals surface area contributed by atoms with Gasteiger partial charge in [-0.1, -0.05) is 0 Å². The molecule has 3 aromatic heterocycles. The molecule has 0 radical (unpaired) electrons. The average molecular weight is 399 g/mol. The summed E-state index contributed by atoms with van der Waals surface area (Å²) in [5, 5.41) is 13.0. The Balaban J connectivity index is 1.96. The van der Waals surface area contributed by atoms with E-state index < -0.39 is 13.2 Å². The van der Waals surface area contributed by atoms with Crippen LogP contribution in [0, 0.1) is 0 Å². The minimum absolute atomic E-state index is 0.127. The van der Waals surface area contributed by atoms with Crippen molar-refractivity contribution in [3.05, 3.63) is 48.3 Å². The highest BCUT2D eigenvalue weighted by molar-refractivity contribution is 5.69. The van der Waals surface area contributed by atoms with Crippen molar-refractivity contribution in [2.75, 3.05) is 0 Å². The summed E-state index contributed by atoms with van der Waals surface area (Å²) in [5.41, 5.74) is 0.909. The minimum atomic E-state index is -3.13. The maximum Gasteiger partial charge on any atom is 0.388 e. The maximum absolute atomic E-state index is 12.7. The van der Waals surface area contributed by atoms with E-state index in [1.54, 1.807) is 0 Å². The summed E-state index contributed by atoms with van der Waals surface area (Å²) >= 11 is 0. The molecule has 0 bridgehead atoms. The van der Waals surface area contributed by atoms with E-state index in [2.05, 4.69) is 29.5 Å². The van der Waals surface area contributed by atoms with Crippen LogP contribution in [0.4, 0.5) is 17.6 Å². The summed E-state index contributed by atoms with van der Waals surface area (Å²) in [6.45, 7) is -6.37. The second kappa shape index (κ2) is 8.61. The molecule has 0 aliphatic carbocycles. The molecule has 0 spiro atoms. The summed E-state index contributed by atoms with van der Waals surface area (Å²) in [7, 11) is 0. The molecule has 1 N–H and O–H groups in total. The lowest BCUT2D eigenvalue weighted by molar-refractivity contribution is -0.0530. The lowest BCUT2D eigenvalue weighted by atomic mass is 10.1. The predicted octanol–water partition coefficient (Wildman–Crippen LogP) is 2.48. The molecule has 0 unspecified atom stereocenters. The molecule has 0 fully saturated rings. The monoisotopic (exact) mass is 399 g/mol. The number of hydrogen-bond acceptors (Lipinski definition) is 7. The van der Waals surface area contributed by atoms with Crippen molar-refractivity contribution in [3.63, 3.8) is 0 Å². The molecule has 0 saturated heterocycles. The summed E-state index contributed by atoms with van der Waals surface area (Å²) in [6, 6.07) is 4.06. The number of aliphatic hydroxyl groups excluding tert-OH is 1. The highest BCUT2D eigenvalue weighted by atomic mass is 19.3. The van der Waals surface area contributed by atoms with Crippen LogP contribution in [0.1, 0.15) is 11.4 Å². The standard InChI is InChI=1S/C16H13F4N5O3/c17-15(18)27-13-4-10(1-2-21-13)11-3-9(5-22-14(11)28-16(19)20)6-25-8-23-12(7-26)24-25/h1-5,8,15-16,26H,6-7H2. The molecule has 8 nitrogen and oxygen atoms in total. The van der Waals surface area contributed by atoms with Gasteiger partial charge in [0.25, 0.3) is 0 Å². The van der Waals surface area contributed by atoms with Gasteiger partial charge in [0.1, 0.15) is 12.9 Å². The first-order valence-corrected chi connectivity index (χ1v) is 7.78. The van der Waals surface area contributed by atoms with E-state index in [1.165, 1.54) is 35.5 Å². The molecule has 0 aromatic carbocycles. The third-order valence-corrected chi connectivity index (χ3v) is 3.43. The van der Waals surface area contributed by atoms with Crippen molar-refractivity contribution in [1.82, 2.24) is 24.7 Å². The molecule has 28 heavy (non-hydrogen) atoms. The molecule has 3 rings (SSSR count). The third kappa shape index (κ3) is 4.91. The number of alkyl halides is 4. The van der Waals surface area contributed by atoms with Gasteiger partial charge in [-0.3, -0.25) is 0 Å². The number of aliphatic hydroxyl groups is 1. The van der Waals surface area contributed by atoms with E-state index in [4.69, 9.17) is 5.11 Å². The van der Waals surface area contributed by atoms with Crippen LogP contribution in [0.3, 0.4) is 0 Å². The van der Waals surface area contributed by atoms with Crippen LogP contribution in [-0.4, -0.2) is 43.1 Å². The van der Waals surface area contributed by atoms with Crippen molar-refractivity contribution in [2.45, 2.75) is 26.4 Å². The highest BCUT2D eigenvalue weighted by Gasteiger charge is 2.16. The van der Waals surface area contributed by atoms with Crippen LogP contribution in [0.2, 0.25) is 0 Å². The van der Waals surface area contributed by atoms with E-state index >= 15 is 0 Å². The predicted molar refractivity (Wildman–Crippen MR) is 85.8 cm³/mol. The first kappa shape index (κ1) is 19.5. The number of ether oxygens (including phenoxy) is 2. The summed E-state index contributed by atoms with van der Waals surface area (Å²) < 4.78 is 60.3. The largest absolute Gasteiger partial charge is 0.417 e. The van der Waals surface area contributed by atoms with Crippen molar-refractivity contribution < 1.29 is 32.1 Å². The van der Waals surface area contributed by atoms with E-state index in [-0.39, 0.29) is 41.9 Å². The zero-order chi connectivity index (χ0) is 20.1. The molecule has 12 heteroatoms. The highest BCUT2D eigenvalue weighted by Crippen LogP contribution is 2.32. The Morgan fingerprint density at radius 3 is 2.50 bits per heavy atom. The van der Waals surface area contributed by atoms with Gasteiger partial charge >= 0.3 is 13.2 Å². The van der Waals surface area contributed by atoms with Gasteiger partial charge in [0.05, 0.1) is 6.54 Å². The van der Waals surface area contributed by atoms with Gasteiger partial charge in [-0.2, -0.15) is 22.7 Å². The molecule has 0 saturated carbocycles. The van der Waals surface area contributed by atoms with Crippen LogP contribution >= 0.6 is 0 Å². The van der Waals surface area contributed by atoms with Gasteiger partial charge in [0.15, 0.2) is 5.82 Å². The summed E-state index contributed by atoms with van der Waals surface area (Å²) in [5.74, 6) is -0.555. The van der Waals surface area contributed by atoms with Crippen molar-refractivity contribution in [3.8, 4) is 22.9 Å². The van der Waals surface area contributed by atoms with Gasteiger partial charge in [-0.25, -0.2) is 19.6 Å².